The summed E-state index contributed by atoms with van der Waals surface area (Å²) in [4.78, 5) is 13.5. The third kappa shape index (κ3) is 2.74. The molecule has 0 saturated carbocycles. The van der Waals surface area contributed by atoms with Crippen molar-refractivity contribution in [1.29, 1.82) is 0 Å². The lowest BCUT2D eigenvalue weighted by atomic mass is 10.1. The number of nitrogens with zero attached hydrogens (tertiary/aromatic N) is 1. The quantitative estimate of drug-likeness (QED) is 0.849. The zero-order chi connectivity index (χ0) is 11.5. The van der Waals surface area contributed by atoms with E-state index in [9.17, 15) is 9.90 Å². The van der Waals surface area contributed by atoms with Crippen LogP contribution in [0, 0.1) is 0 Å². The Bertz CT molecular complexity index is 394. The fraction of sp³-hybridized carbons (Fsp3) is 0.417. The molecule has 1 N–H and O–H groups in total. The van der Waals surface area contributed by atoms with Crippen molar-refractivity contribution in [3.63, 3.8) is 0 Å². The summed E-state index contributed by atoms with van der Waals surface area (Å²) in [6.45, 7) is 1.11. The summed E-state index contributed by atoms with van der Waals surface area (Å²) >= 11 is 5.85. The number of likely N-dealkylation sites (tertiary alicyclic amines) is 1. The van der Waals surface area contributed by atoms with Gasteiger partial charge < -0.3 is 10.0 Å². The Morgan fingerprint density at radius 1 is 1.56 bits per heavy atom. The summed E-state index contributed by atoms with van der Waals surface area (Å²) in [5, 5.41) is 9.99. The van der Waals surface area contributed by atoms with E-state index in [0.29, 0.717) is 31.0 Å². The van der Waals surface area contributed by atoms with Gasteiger partial charge in [-0.1, -0.05) is 23.7 Å². The highest BCUT2D eigenvalue weighted by Gasteiger charge is 2.24. The van der Waals surface area contributed by atoms with Crippen molar-refractivity contribution in [2.45, 2.75) is 18.9 Å². The van der Waals surface area contributed by atoms with Crippen molar-refractivity contribution in [1.82, 2.24) is 4.90 Å². The molecule has 1 heterocycles. The highest BCUT2D eigenvalue weighted by molar-refractivity contribution is 6.30. The van der Waals surface area contributed by atoms with E-state index >= 15 is 0 Å². The second-order valence-electron chi connectivity index (χ2n) is 4.09. The van der Waals surface area contributed by atoms with E-state index in [2.05, 4.69) is 0 Å². The monoisotopic (exact) mass is 239 g/mol. The molecule has 1 aliphatic heterocycles. The Morgan fingerprint density at radius 3 is 3.00 bits per heavy atom. The van der Waals surface area contributed by atoms with Gasteiger partial charge in [0.1, 0.15) is 0 Å². The zero-order valence-electron chi connectivity index (χ0n) is 8.90. The number of β-amino-alcohol motifs (C(OH)–C–C–N with tert-alkyl or cyclic N) is 1. The van der Waals surface area contributed by atoms with Crippen LogP contribution in [0.4, 0.5) is 0 Å². The third-order valence-corrected chi connectivity index (χ3v) is 3.00. The lowest BCUT2D eigenvalue weighted by Crippen LogP contribution is -2.30. The molecule has 1 aromatic carbocycles. The Kier molecular flexibility index (Phi) is 3.46. The van der Waals surface area contributed by atoms with E-state index < -0.39 is 0 Å². The van der Waals surface area contributed by atoms with Gasteiger partial charge in [0.05, 0.1) is 12.5 Å². The predicted molar refractivity (Wildman–Crippen MR) is 62.4 cm³/mol. The second-order valence-corrected chi connectivity index (χ2v) is 4.53. The molecule has 0 radical (unpaired) electrons. The maximum Gasteiger partial charge on any atom is 0.227 e. The van der Waals surface area contributed by atoms with E-state index in [1.807, 2.05) is 12.1 Å². The SMILES string of the molecule is O=C(Cc1cccc(Cl)c1)N1CCC(O)C1. The van der Waals surface area contributed by atoms with Gasteiger partial charge >= 0.3 is 0 Å². The second kappa shape index (κ2) is 4.85. The first-order chi connectivity index (χ1) is 7.65. The summed E-state index contributed by atoms with van der Waals surface area (Å²) in [5.74, 6) is 0.0545. The fourth-order valence-electron chi connectivity index (χ4n) is 1.90. The average molecular weight is 240 g/mol. The molecular weight excluding hydrogens is 226 g/mol. The van der Waals surface area contributed by atoms with Gasteiger partial charge in [-0.25, -0.2) is 0 Å². The molecule has 1 fully saturated rings. The summed E-state index contributed by atoms with van der Waals surface area (Å²) < 4.78 is 0. The molecule has 1 unspecified atom stereocenters. The number of aliphatic hydroxyl groups is 1. The number of benzene rings is 1. The van der Waals surface area contributed by atoms with Crippen LogP contribution in [0.3, 0.4) is 0 Å². The average Bonchev–Trinajstić information content (AvgIpc) is 2.65. The molecule has 0 bridgehead atoms. The number of carbonyl (C=O) groups excluding carboxylic acids is 1. The molecule has 86 valence electrons. The lowest BCUT2D eigenvalue weighted by molar-refractivity contribution is -0.129. The Balaban J connectivity index is 1.97. The summed E-state index contributed by atoms with van der Waals surface area (Å²) in [7, 11) is 0. The van der Waals surface area contributed by atoms with E-state index in [4.69, 9.17) is 11.6 Å². The van der Waals surface area contributed by atoms with Crippen molar-refractivity contribution in [3.8, 4) is 0 Å². The van der Waals surface area contributed by atoms with Gasteiger partial charge in [-0.3, -0.25) is 4.79 Å². The van der Waals surface area contributed by atoms with Gasteiger partial charge in [-0.15, -0.1) is 0 Å². The van der Waals surface area contributed by atoms with E-state index in [-0.39, 0.29) is 12.0 Å². The van der Waals surface area contributed by atoms with Gasteiger partial charge in [0.2, 0.25) is 5.91 Å². The molecule has 1 atom stereocenters. The van der Waals surface area contributed by atoms with Gasteiger partial charge in [0.25, 0.3) is 0 Å². The Morgan fingerprint density at radius 2 is 2.38 bits per heavy atom. The summed E-state index contributed by atoms with van der Waals surface area (Å²) in [5.41, 5.74) is 0.916. The highest BCUT2D eigenvalue weighted by atomic mass is 35.5. The van der Waals surface area contributed by atoms with Crippen LogP contribution in [0.15, 0.2) is 24.3 Å². The van der Waals surface area contributed by atoms with Crippen molar-refractivity contribution >= 4 is 17.5 Å². The summed E-state index contributed by atoms with van der Waals surface area (Å²) in [6, 6.07) is 7.31. The van der Waals surface area contributed by atoms with Crippen LogP contribution >= 0.6 is 11.6 Å². The lowest BCUT2D eigenvalue weighted by Gasteiger charge is -2.15. The van der Waals surface area contributed by atoms with Crippen LogP contribution in [0.2, 0.25) is 5.02 Å². The van der Waals surface area contributed by atoms with Crippen LogP contribution in [-0.4, -0.2) is 35.1 Å². The van der Waals surface area contributed by atoms with Crippen molar-refractivity contribution in [2.75, 3.05) is 13.1 Å². The first-order valence-corrected chi connectivity index (χ1v) is 5.73. The molecule has 1 saturated heterocycles. The van der Waals surface area contributed by atoms with Crippen molar-refractivity contribution in [2.24, 2.45) is 0 Å². The predicted octanol–water partition coefficient (Wildman–Crippen LogP) is 1.48. The maximum atomic E-state index is 11.8. The molecule has 3 nitrogen and oxygen atoms in total. The first-order valence-electron chi connectivity index (χ1n) is 5.35. The molecule has 16 heavy (non-hydrogen) atoms. The number of aliphatic hydroxyl groups excluding tert-OH is 1. The van der Waals surface area contributed by atoms with Gasteiger partial charge in [-0.2, -0.15) is 0 Å². The number of hydrogen-bond acceptors (Lipinski definition) is 2. The minimum atomic E-state index is -0.358. The van der Waals surface area contributed by atoms with E-state index in [1.165, 1.54) is 0 Å². The van der Waals surface area contributed by atoms with Gasteiger partial charge in [0.15, 0.2) is 0 Å². The minimum absolute atomic E-state index is 0.0545. The topological polar surface area (TPSA) is 40.5 Å². The van der Waals surface area contributed by atoms with Crippen molar-refractivity contribution in [3.05, 3.63) is 34.9 Å². The Labute approximate surface area is 99.6 Å². The molecule has 0 aromatic heterocycles. The molecule has 2 rings (SSSR count). The van der Waals surface area contributed by atoms with Crippen LogP contribution in [-0.2, 0) is 11.2 Å². The van der Waals surface area contributed by atoms with Gasteiger partial charge in [0, 0.05) is 18.1 Å². The Hall–Kier alpha value is -1.06. The molecule has 1 aliphatic rings. The van der Waals surface area contributed by atoms with E-state index in [1.54, 1.807) is 17.0 Å². The highest BCUT2D eigenvalue weighted by Crippen LogP contribution is 2.14. The van der Waals surface area contributed by atoms with Crippen LogP contribution in [0.25, 0.3) is 0 Å². The largest absolute Gasteiger partial charge is 0.391 e. The normalized spacial score (nSPS) is 20.1. The van der Waals surface area contributed by atoms with Crippen LogP contribution < -0.4 is 0 Å². The molecule has 0 spiro atoms. The van der Waals surface area contributed by atoms with E-state index in [0.717, 1.165) is 5.56 Å². The maximum absolute atomic E-state index is 11.8. The molecule has 0 aliphatic carbocycles. The third-order valence-electron chi connectivity index (χ3n) is 2.76. The number of rotatable bonds is 2. The zero-order valence-corrected chi connectivity index (χ0v) is 9.65. The molecule has 1 aromatic rings. The molecule has 1 amide bonds. The van der Waals surface area contributed by atoms with Crippen LogP contribution in [0.1, 0.15) is 12.0 Å². The smallest absolute Gasteiger partial charge is 0.227 e. The molecule has 4 heteroatoms. The fourth-order valence-corrected chi connectivity index (χ4v) is 2.11. The van der Waals surface area contributed by atoms with Crippen molar-refractivity contribution < 1.29 is 9.90 Å². The number of carbonyl (C=O) groups is 1. The number of halogens is 1. The standard InChI is InChI=1S/C12H14ClNO2/c13-10-3-1-2-9(6-10)7-12(16)14-5-4-11(15)8-14/h1-3,6,11,15H,4-5,7-8H2. The molecular formula is C12H14ClNO2. The first kappa shape index (κ1) is 11.4. The summed E-state index contributed by atoms with van der Waals surface area (Å²) in [6.07, 6.45) is 0.678. The van der Waals surface area contributed by atoms with Crippen LogP contribution in [0.5, 0.6) is 0 Å². The van der Waals surface area contributed by atoms with Gasteiger partial charge in [-0.05, 0) is 24.1 Å². The number of amides is 1. The number of hydrogen-bond donors (Lipinski definition) is 1. The minimum Gasteiger partial charge on any atom is -0.391 e.